The zero-order valence-electron chi connectivity index (χ0n) is 15.8. The van der Waals surface area contributed by atoms with E-state index in [9.17, 15) is 4.79 Å². The fourth-order valence-corrected chi connectivity index (χ4v) is 3.44. The maximum atomic E-state index is 12.2. The summed E-state index contributed by atoms with van der Waals surface area (Å²) in [6.45, 7) is 10.1. The number of carbonyl (C=O) groups excluding carboxylic acids is 1. The van der Waals surface area contributed by atoms with E-state index in [1.807, 2.05) is 43.9 Å². The van der Waals surface area contributed by atoms with E-state index in [1.54, 1.807) is 0 Å². The Morgan fingerprint density at radius 2 is 2.12 bits per heavy atom. The summed E-state index contributed by atoms with van der Waals surface area (Å²) in [5.74, 6) is 1.47. The van der Waals surface area contributed by atoms with Gasteiger partial charge in [-0.15, -0.1) is 0 Å². The first-order valence-electron chi connectivity index (χ1n) is 9.12. The van der Waals surface area contributed by atoms with E-state index in [0.29, 0.717) is 12.5 Å². The van der Waals surface area contributed by atoms with Crippen LogP contribution >= 0.6 is 15.9 Å². The van der Waals surface area contributed by atoms with Crippen molar-refractivity contribution in [3.05, 3.63) is 28.2 Å². The van der Waals surface area contributed by atoms with Gasteiger partial charge in [0.25, 0.3) is 0 Å². The zero-order chi connectivity index (χ0) is 18.4. The Kier molecular flexibility index (Phi) is 7.17. The van der Waals surface area contributed by atoms with Crippen LogP contribution in [0.4, 0.5) is 4.79 Å². The van der Waals surface area contributed by atoms with Crippen molar-refractivity contribution in [3.63, 3.8) is 0 Å². The number of amides is 1. The zero-order valence-corrected chi connectivity index (χ0v) is 17.4. The van der Waals surface area contributed by atoms with E-state index in [4.69, 9.17) is 9.47 Å². The number of rotatable bonds is 5. The molecule has 1 aromatic rings. The molecule has 1 heterocycles. The molecule has 0 unspecified atom stereocenters. The standard InChI is InChI=1S/C20H30BrNO3/c1-15-17(21)10-5-11-18(15)24-13-7-9-16-8-6-12-22(14-16)19(23)25-20(2,3)4/h5,10-11,16H,6-9,12-14H2,1-4H3/t16-/m0/s1. The van der Waals surface area contributed by atoms with Crippen molar-refractivity contribution in [2.45, 2.75) is 59.0 Å². The molecule has 0 saturated carbocycles. The average Bonchev–Trinajstić information content (AvgIpc) is 2.54. The minimum atomic E-state index is -0.431. The van der Waals surface area contributed by atoms with Gasteiger partial charge in [-0.2, -0.15) is 0 Å². The first-order valence-corrected chi connectivity index (χ1v) is 9.91. The number of hydrogen-bond donors (Lipinski definition) is 0. The van der Waals surface area contributed by atoms with Crippen molar-refractivity contribution >= 4 is 22.0 Å². The molecule has 1 aromatic carbocycles. The second-order valence-corrected chi connectivity index (χ2v) is 8.64. The molecule has 1 atom stereocenters. The van der Waals surface area contributed by atoms with E-state index in [-0.39, 0.29) is 6.09 Å². The van der Waals surface area contributed by atoms with Gasteiger partial charge in [-0.3, -0.25) is 0 Å². The SMILES string of the molecule is Cc1c(Br)cccc1OCCC[C@@H]1CCCN(C(=O)OC(C)(C)C)C1. The van der Waals surface area contributed by atoms with Gasteiger partial charge in [-0.1, -0.05) is 22.0 Å². The minimum Gasteiger partial charge on any atom is -0.493 e. The molecular formula is C20H30BrNO3. The third-order valence-corrected chi connectivity index (χ3v) is 5.26. The second-order valence-electron chi connectivity index (χ2n) is 7.79. The third-order valence-electron chi connectivity index (χ3n) is 4.40. The molecule has 0 spiro atoms. The number of nitrogens with zero attached hydrogens (tertiary/aromatic N) is 1. The first kappa shape index (κ1) is 20.1. The lowest BCUT2D eigenvalue weighted by atomic mass is 9.94. The molecular weight excluding hydrogens is 382 g/mol. The normalized spacial score (nSPS) is 18.1. The number of hydrogen-bond acceptors (Lipinski definition) is 3. The highest BCUT2D eigenvalue weighted by Crippen LogP contribution is 2.26. The van der Waals surface area contributed by atoms with Gasteiger partial charge >= 0.3 is 6.09 Å². The lowest BCUT2D eigenvalue weighted by molar-refractivity contribution is 0.0159. The Morgan fingerprint density at radius 3 is 2.84 bits per heavy atom. The third kappa shape index (κ3) is 6.53. The molecule has 0 bridgehead atoms. The Balaban J connectivity index is 1.74. The number of likely N-dealkylation sites (tertiary alicyclic amines) is 1. The van der Waals surface area contributed by atoms with Crippen LogP contribution in [0.3, 0.4) is 0 Å². The highest BCUT2D eigenvalue weighted by molar-refractivity contribution is 9.10. The van der Waals surface area contributed by atoms with Gasteiger partial charge in [0.05, 0.1) is 6.61 Å². The minimum absolute atomic E-state index is 0.182. The number of carbonyl (C=O) groups is 1. The van der Waals surface area contributed by atoms with Crippen molar-refractivity contribution in [2.24, 2.45) is 5.92 Å². The van der Waals surface area contributed by atoms with Crippen molar-refractivity contribution < 1.29 is 14.3 Å². The van der Waals surface area contributed by atoms with Gasteiger partial charge in [-0.25, -0.2) is 4.79 Å². The molecule has 140 valence electrons. The van der Waals surface area contributed by atoms with Crippen LogP contribution in [0, 0.1) is 12.8 Å². The molecule has 0 N–H and O–H groups in total. The number of piperidine rings is 1. The smallest absolute Gasteiger partial charge is 0.410 e. The molecule has 1 aliphatic rings. The summed E-state index contributed by atoms with van der Waals surface area (Å²) in [6.07, 6.45) is 4.12. The number of ether oxygens (including phenoxy) is 2. The number of benzene rings is 1. The summed E-state index contributed by atoms with van der Waals surface area (Å²) in [7, 11) is 0. The van der Waals surface area contributed by atoms with Crippen LogP contribution in [0.2, 0.25) is 0 Å². The van der Waals surface area contributed by atoms with E-state index in [1.165, 1.54) is 6.42 Å². The van der Waals surface area contributed by atoms with Gasteiger partial charge in [0.1, 0.15) is 11.4 Å². The lowest BCUT2D eigenvalue weighted by Crippen LogP contribution is -2.42. The maximum absolute atomic E-state index is 12.2. The predicted octanol–water partition coefficient (Wildman–Crippen LogP) is 5.56. The first-order chi connectivity index (χ1) is 11.8. The molecule has 0 radical (unpaired) electrons. The monoisotopic (exact) mass is 411 g/mol. The van der Waals surface area contributed by atoms with Crippen molar-refractivity contribution in [1.82, 2.24) is 4.90 Å². The Hall–Kier alpha value is -1.23. The quantitative estimate of drug-likeness (QED) is 0.594. The summed E-state index contributed by atoms with van der Waals surface area (Å²) < 4.78 is 12.5. The van der Waals surface area contributed by atoms with Gasteiger partial charge in [0.2, 0.25) is 0 Å². The van der Waals surface area contributed by atoms with Crippen molar-refractivity contribution in [3.8, 4) is 5.75 Å². The second kappa shape index (κ2) is 8.93. The van der Waals surface area contributed by atoms with Gasteiger partial charge in [0.15, 0.2) is 0 Å². The van der Waals surface area contributed by atoms with Crippen LogP contribution in [0.15, 0.2) is 22.7 Å². The van der Waals surface area contributed by atoms with Crippen LogP contribution in [0.1, 0.15) is 52.0 Å². The summed E-state index contributed by atoms with van der Waals surface area (Å²) in [4.78, 5) is 14.1. The Morgan fingerprint density at radius 1 is 1.36 bits per heavy atom. The van der Waals surface area contributed by atoms with E-state index in [2.05, 4.69) is 22.9 Å². The van der Waals surface area contributed by atoms with Crippen LogP contribution in [-0.4, -0.2) is 36.3 Å². The number of halogens is 1. The largest absolute Gasteiger partial charge is 0.493 e. The van der Waals surface area contributed by atoms with Gasteiger partial charge < -0.3 is 14.4 Å². The topological polar surface area (TPSA) is 38.8 Å². The maximum Gasteiger partial charge on any atom is 0.410 e. The molecule has 5 heteroatoms. The van der Waals surface area contributed by atoms with Crippen LogP contribution < -0.4 is 4.74 Å². The summed E-state index contributed by atoms with van der Waals surface area (Å²) in [5.41, 5.74) is 0.705. The average molecular weight is 412 g/mol. The fourth-order valence-electron chi connectivity index (χ4n) is 3.09. The summed E-state index contributed by atoms with van der Waals surface area (Å²) in [5, 5.41) is 0. The van der Waals surface area contributed by atoms with Crippen LogP contribution in [0.25, 0.3) is 0 Å². The van der Waals surface area contributed by atoms with Crippen LogP contribution in [0.5, 0.6) is 5.75 Å². The van der Waals surface area contributed by atoms with Crippen molar-refractivity contribution in [1.29, 1.82) is 0 Å². The van der Waals surface area contributed by atoms with Crippen LogP contribution in [-0.2, 0) is 4.74 Å². The molecule has 2 rings (SSSR count). The van der Waals surface area contributed by atoms with Crippen molar-refractivity contribution in [2.75, 3.05) is 19.7 Å². The molecule has 1 saturated heterocycles. The van der Waals surface area contributed by atoms with Gasteiger partial charge in [0, 0.05) is 23.1 Å². The molecule has 1 fully saturated rings. The molecule has 4 nitrogen and oxygen atoms in total. The molecule has 1 amide bonds. The lowest BCUT2D eigenvalue weighted by Gasteiger charge is -2.34. The molecule has 1 aliphatic heterocycles. The van der Waals surface area contributed by atoms with E-state index < -0.39 is 5.60 Å². The highest BCUT2D eigenvalue weighted by atomic mass is 79.9. The predicted molar refractivity (Wildman–Crippen MR) is 104 cm³/mol. The van der Waals surface area contributed by atoms with E-state index in [0.717, 1.165) is 48.1 Å². The summed E-state index contributed by atoms with van der Waals surface area (Å²) >= 11 is 3.53. The fraction of sp³-hybridized carbons (Fsp3) is 0.650. The Labute approximate surface area is 160 Å². The summed E-state index contributed by atoms with van der Waals surface area (Å²) in [6, 6.07) is 6.02. The highest BCUT2D eigenvalue weighted by Gasteiger charge is 2.27. The molecule has 0 aliphatic carbocycles. The van der Waals surface area contributed by atoms with Gasteiger partial charge in [-0.05, 0) is 71.4 Å². The van der Waals surface area contributed by atoms with E-state index >= 15 is 0 Å². The Bertz CT molecular complexity index is 583. The molecule has 25 heavy (non-hydrogen) atoms. The molecule has 0 aromatic heterocycles.